The van der Waals surface area contributed by atoms with Crippen molar-refractivity contribution in [2.75, 3.05) is 5.75 Å². The van der Waals surface area contributed by atoms with E-state index < -0.39 is 0 Å². The maximum absolute atomic E-state index is 12.3. The highest BCUT2D eigenvalue weighted by atomic mass is 32.2. The molecule has 1 aromatic carbocycles. The molecule has 0 unspecified atom stereocenters. The Morgan fingerprint density at radius 2 is 2.04 bits per heavy atom. The predicted octanol–water partition coefficient (Wildman–Crippen LogP) is 3.31. The van der Waals surface area contributed by atoms with E-state index in [0.717, 1.165) is 16.9 Å². The van der Waals surface area contributed by atoms with Crippen LogP contribution in [0.2, 0.25) is 0 Å². The van der Waals surface area contributed by atoms with Gasteiger partial charge >= 0.3 is 0 Å². The number of ketones is 1. The van der Waals surface area contributed by atoms with Crippen molar-refractivity contribution in [3.63, 3.8) is 0 Å². The second kappa shape index (κ2) is 8.59. The van der Waals surface area contributed by atoms with Crippen molar-refractivity contribution in [3.8, 4) is 17.5 Å². The van der Waals surface area contributed by atoms with E-state index in [4.69, 9.17) is 15.4 Å². The Kier molecular flexibility index (Phi) is 5.96. The third-order valence-electron chi connectivity index (χ3n) is 4.12. The van der Waals surface area contributed by atoms with E-state index in [-0.39, 0.29) is 22.8 Å². The van der Waals surface area contributed by atoms with E-state index in [0.29, 0.717) is 17.5 Å². The summed E-state index contributed by atoms with van der Waals surface area (Å²) in [6.07, 6.45) is 1.61. The molecule has 2 N–H and O–H groups in total. The van der Waals surface area contributed by atoms with Crippen LogP contribution in [0.15, 0.2) is 63.5 Å². The number of furan rings is 1. The van der Waals surface area contributed by atoms with E-state index in [1.807, 2.05) is 54.0 Å². The largest absolute Gasteiger partial charge is 0.469 e. The highest BCUT2D eigenvalue weighted by Crippen LogP contribution is 2.28. The van der Waals surface area contributed by atoms with Gasteiger partial charge in [0.15, 0.2) is 16.8 Å². The lowest BCUT2D eigenvalue weighted by atomic mass is 10.2. The third kappa shape index (κ3) is 4.15. The van der Waals surface area contributed by atoms with Crippen molar-refractivity contribution in [3.05, 3.63) is 65.3 Å². The molecule has 0 spiro atoms. The Balaban J connectivity index is 1.92. The molecule has 0 aliphatic heterocycles. The van der Waals surface area contributed by atoms with Crippen molar-refractivity contribution in [1.82, 2.24) is 14.8 Å². The lowest BCUT2D eigenvalue weighted by Gasteiger charge is -2.10. The standard InChI is InChI=1S/C20H19N5O2S/c1-13(22)17(10-21)18(26)12-28-20-24-23-19(16-8-9-27-14(16)2)25(20)11-15-6-4-3-5-7-15/h3-9H,11-12,22H2,1-2H3/b17-13+. The van der Waals surface area contributed by atoms with Crippen LogP contribution in [0.4, 0.5) is 0 Å². The zero-order valence-electron chi connectivity index (χ0n) is 15.5. The number of carbonyl (C=O) groups excluding carboxylic acids is 1. The van der Waals surface area contributed by atoms with Gasteiger partial charge in [-0.1, -0.05) is 42.1 Å². The molecule has 0 saturated carbocycles. The monoisotopic (exact) mass is 393 g/mol. The number of benzene rings is 1. The average molecular weight is 393 g/mol. The van der Waals surface area contributed by atoms with Gasteiger partial charge in [0.2, 0.25) is 0 Å². The molecule has 0 saturated heterocycles. The molecule has 2 heterocycles. The number of hydrogen-bond acceptors (Lipinski definition) is 7. The second-order valence-corrected chi connectivity index (χ2v) is 7.09. The SMILES string of the molecule is C/C(N)=C(/C#N)C(=O)CSc1nnc(-c2ccoc2C)n1Cc1ccccc1. The van der Waals surface area contributed by atoms with Gasteiger partial charge in [-0.25, -0.2) is 0 Å². The zero-order chi connectivity index (χ0) is 20.1. The molecule has 0 fully saturated rings. The van der Waals surface area contributed by atoms with E-state index in [1.54, 1.807) is 13.2 Å². The van der Waals surface area contributed by atoms with Crippen molar-refractivity contribution in [1.29, 1.82) is 5.26 Å². The average Bonchev–Trinajstić information content (AvgIpc) is 3.27. The lowest BCUT2D eigenvalue weighted by Crippen LogP contribution is -2.11. The van der Waals surface area contributed by atoms with Crippen LogP contribution >= 0.6 is 11.8 Å². The Hall–Kier alpha value is -3.31. The summed E-state index contributed by atoms with van der Waals surface area (Å²) in [6, 6.07) is 13.6. The molecule has 0 atom stereocenters. The van der Waals surface area contributed by atoms with Gasteiger partial charge < -0.3 is 10.2 Å². The first kappa shape index (κ1) is 19.5. The summed E-state index contributed by atoms with van der Waals surface area (Å²) in [6.45, 7) is 3.95. The molecule has 0 aliphatic carbocycles. The molecule has 0 amide bonds. The number of carbonyl (C=O) groups is 1. The number of aromatic nitrogens is 3. The first-order chi connectivity index (χ1) is 13.5. The van der Waals surface area contributed by atoms with Crippen LogP contribution in [0, 0.1) is 18.3 Å². The molecule has 3 aromatic rings. The topological polar surface area (TPSA) is 111 Å². The van der Waals surface area contributed by atoms with E-state index in [2.05, 4.69) is 10.2 Å². The van der Waals surface area contributed by atoms with Crippen LogP contribution < -0.4 is 5.73 Å². The van der Waals surface area contributed by atoms with E-state index in [1.165, 1.54) is 11.8 Å². The summed E-state index contributed by atoms with van der Waals surface area (Å²) in [7, 11) is 0. The second-order valence-electron chi connectivity index (χ2n) is 6.15. The third-order valence-corrected chi connectivity index (χ3v) is 5.08. The van der Waals surface area contributed by atoms with Crippen LogP contribution in [0.5, 0.6) is 0 Å². The van der Waals surface area contributed by atoms with Gasteiger partial charge in [-0.2, -0.15) is 5.26 Å². The number of nitrogens with two attached hydrogens (primary N) is 1. The summed E-state index contributed by atoms with van der Waals surface area (Å²) in [5, 5.41) is 18.3. The van der Waals surface area contributed by atoms with Gasteiger partial charge in [0.25, 0.3) is 0 Å². The number of Topliss-reactive ketones (excluding diaryl/α,β-unsaturated/α-hetero) is 1. The van der Waals surface area contributed by atoms with Crippen molar-refractivity contribution in [2.24, 2.45) is 5.73 Å². The number of nitrogens with zero attached hydrogens (tertiary/aromatic N) is 4. The maximum Gasteiger partial charge on any atom is 0.192 e. The summed E-state index contributed by atoms with van der Waals surface area (Å²) in [4.78, 5) is 12.3. The first-order valence-corrected chi connectivity index (χ1v) is 9.54. The number of rotatable bonds is 7. The number of aryl methyl sites for hydroxylation is 1. The molecule has 2 aromatic heterocycles. The fourth-order valence-corrected chi connectivity index (χ4v) is 3.50. The fraction of sp³-hybridized carbons (Fsp3) is 0.200. The molecular formula is C20H19N5O2S. The molecular weight excluding hydrogens is 374 g/mol. The normalized spacial score (nSPS) is 11.8. The molecule has 0 aliphatic rings. The number of thioether (sulfide) groups is 1. The number of nitriles is 1. The Bertz CT molecular complexity index is 1060. The minimum absolute atomic E-state index is 0.0208. The van der Waals surface area contributed by atoms with Crippen LogP contribution in [-0.2, 0) is 11.3 Å². The quantitative estimate of drug-likeness (QED) is 0.372. The van der Waals surface area contributed by atoms with Crippen molar-refractivity contribution in [2.45, 2.75) is 25.5 Å². The number of hydrogen-bond donors (Lipinski definition) is 1. The summed E-state index contributed by atoms with van der Waals surface area (Å²) in [5.41, 5.74) is 7.73. The van der Waals surface area contributed by atoms with Crippen LogP contribution in [0.25, 0.3) is 11.4 Å². The van der Waals surface area contributed by atoms with Crippen LogP contribution in [0.1, 0.15) is 18.2 Å². The Morgan fingerprint density at radius 3 is 2.64 bits per heavy atom. The summed E-state index contributed by atoms with van der Waals surface area (Å²) < 4.78 is 7.35. The smallest absolute Gasteiger partial charge is 0.192 e. The molecule has 8 heteroatoms. The van der Waals surface area contributed by atoms with E-state index in [9.17, 15) is 4.79 Å². The Labute approximate surface area is 166 Å². The molecule has 3 rings (SSSR count). The van der Waals surface area contributed by atoms with Crippen molar-refractivity contribution >= 4 is 17.5 Å². The highest BCUT2D eigenvalue weighted by Gasteiger charge is 2.20. The van der Waals surface area contributed by atoms with Gasteiger partial charge in [-0.3, -0.25) is 9.36 Å². The van der Waals surface area contributed by atoms with Gasteiger partial charge in [-0.05, 0) is 25.5 Å². The minimum Gasteiger partial charge on any atom is -0.469 e. The molecule has 0 radical (unpaired) electrons. The fourth-order valence-electron chi connectivity index (χ4n) is 2.69. The van der Waals surface area contributed by atoms with Gasteiger partial charge in [0.1, 0.15) is 17.4 Å². The number of allylic oxidation sites excluding steroid dienone is 2. The van der Waals surface area contributed by atoms with Crippen LogP contribution in [0.3, 0.4) is 0 Å². The first-order valence-electron chi connectivity index (χ1n) is 8.55. The summed E-state index contributed by atoms with van der Waals surface area (Å²) >= 11 is 1.23. The lowest BCUT2D eigenvalue weighted by molar-refractivity contribution is -0.112. The highest BCUT2D eigenvalue weighted by molar-refractivity contribution is 7.99. The molecule has 7 nitrogen and oxygen atoms in total. The molecule has 28 heavy (non-hydrogen) atoms. The van der Waals surface area contributed by atoms with Gasteiger partial charge in [-0.15, -0.1) is 10.2 Å². The van der Waals surface area contributed by atoms with E-state index >= 15 is 0 Å². The maximum atomic E-state index is 12.3. The molecule has 0 bridgehead atoms. The van der Waals surface area contributed by atoms with Gasteiger partial charge in [0.05, 0.1) is 24.1 Å². The zero-order valence-corrected chi connectivity index (χ0v) is 16.4. The Morgan fingerprint density at radius 1 is 1.29 bits per heavy atom. The van der Waals surface area contributed by atoms with Crippen molar-refractivity contribution < 1.29 is 9.21 Å². The minimum atomic E-state index is -0.331. The van der Waals surface area contributed by atoms with Gasteiger partial charge in [0, 0.05) is 5.70 Å². The van der Waals surface area contributed by atoms with Crippen LogP contribution in [-0.4, -0.2) is 26.3 Å². The summed E-state index contributed by atoms with van der Waals surface area (Å²) in [5.74, 6) is 1.12. The molecule has 142 valence electrons. The predicted molar refractivity (Wildman–Crippen MR) is 106 cm³/mol.